The normalized spacial score (nSPS) is 22.0. The fourth-order valence-corrected chi connectivity index (χ4v) is 3.81. The van der Waals surface area contributed by atoms with Gasteiger partial charge in [-0.1, -0.05) is 12.1 Å². The highest BCUT2D eigenvalue weighted by Crippen LogP contribution is 2.38. The largest absolute Gasteiger partial charge is 0.416 e. The standard InChI is InChI=1S/C17H16F3NOS/c18-17(19,20)12-4-3-5-13(10-12)23-14-7-9-22-16(11-14)15-6-1-2-8-21-15/h1-6,8,10,14,16H,7,9,11H2. The molecular weight excluding hydrogens is 323 g/mol. The third-order valence-electron chi connectivity index (χ3n) is 3.72. The van der Waals surface area contributed by atoms with Crippen LogP contribution < -0.4 is 0 Å². The SMILES string of the molecule is FC(F)(F)c1cccc(SC2CCOC(c3ccccn3)C2)c1. The first-order valence-electron chi connectivity index (χ1n) is 7.39. The molecule has 1 aliphatic rings. The van der Waals surface area contributed by atoms with Crippen LogP contribution in [-0.4, -0.2) is 16.8 Å². The molecule has 0 bridgehead atoms. The Morgan fingerprint density at radius 3 is 2.74 bits per heavy atom. The number of thioether (sulfide) groups is 1. The van der Waals surface area contributed by atoms with Gasteiger partial charge in [-0.2, -0.15) is 13.2 Å². The van der Waals surface area contributed by atoms with Gasteiger partial charge in [0.05, 0.1) is 11.3 Å². The fourth-order valence-electron chi connectivity index (χ4n) is 2.58. The van der Waals surface area contributed by atoms with Crippen molar-refractivity contribution in [2.45, 2.75) is 35.3 Å². The van der Waals surface area contributed by atoms with Crippen LogP contribution >= 0.6 is 11.8 Å². The van der Waals surface area contributed by atoms with Crippen LogP contribution in [0, 0.1) is 0 Å². The Morgan fingerprint density at radius 2 is 2.00 bits per heavy atom. The molecule has 23 heavy (non-hydrogen) atoms. The second kappa shape index (κ2) is 6.93. The van der Waals surface area contributed by atoms with Gasteiger partial charge in [-0.15, -0.1) is 11.8 Å². The number of rotatable bonds is 3. The highest BCUT2D eigenvalue weighted by Gasteiger charge is 2.31. The van der Waals surface area contributed by atoms with Gasteiger partial charge < -0.3 is 4.74 Å². The van der Waals surface area contributed by atoms with E-state index in [-0.39, 0.29) is 11.4 Å². The van der Waals surface area contributed by atoms with Crippen molar-refractivity contribution >= 4 is 11.8 Å². The summed E-state index contributed by atoms with van der Waals surface area (Å²) in [7, 11) is 0. The van der Waals surface area contributed by atoms with Crippen LogP contribution in [0.4, 0.5) is 13.2 Å². The van der Waals surface area contributed by atoms with Crippen molar-refractivity contribution in [1.29, 1.82) is 0 Å². The second-order valence-corrected chi connectivity index (χ2v) is 6.78. The Bertz CT molecular complexity index is 648. The summed E-state index contributed by atoms with van der Waals surface area (Å²) >= 11 is 1.49. The molecule has 6 heteroatoms. The number of benzene rings is 1. The third kappa shape index (κ3) is 4.26. The monoisotopic (exact) mass is 339 g/mol. The molecule has 1 aromatic heterocycles. The molecular formula is C17H16F3NOS. The van der Waals surface area contributed by atoms with Gasteiger partial charge in [0.2, 0.25) is 0 Å². The maximum atomic E-state index is 12.8. The molecule has 0 aliphatic carbocycles. The van der Waals surface area contributed by atoms with Crippen LogP contribution in [0.1, 0.15) is 30.2 Å². The number of hydrogen-bond donors (Lipinski definition) is 0. The molecule has 0 N–H and O–H groups in total. The average molecular weight is 339 g/mol. The first-order chi connectivity index (χ1) is 11.0. The zero-order valence-corrected chi connectivity index (χ0v) is 13.1. The minimum atomic E-state index is -4.30. The number of alkyl halides is 3. The van der Waals surface area contributed by atoms with Gasteiger partial charge in [0, 0.05) is 22.9 Å². The van der Waals surface area contributed by atoms with Gasteiger partial charge in [0.1, 0.15) is 6.10 Å². The van der Waals surface area contributed by atoms with E-state index in [0.717, 1.165) is 24.6 Å². The van der Waals surface area contributed by atoms with Gasteiger partial charge >= 0.3 is 6.18 Å². The van der Waals surface area contributed by atoms with Crippen LogP contribution in [-0.2, 0) is 10.9 Å². The van der Waals surface area contributed by atoms with Crippen molar-refractivity contribution in [3.05, 3.63) is 59.9 Å². The molecule has 1 aliphatic heterocycles. The average Bonchev–Trinajstić information content (AvgIpc) is 2.55. The molecule has 0 spiro atoms. The van der Waals surface area contributed by atoms with E-state index in [1.54, 1.807) is 12.3 Å². The van der Waals surface area contributed by atoms with E-state index in [2.05, 4.69) is 4.98 Å². The molecule has 2 atom stereocenters. The van der Waals surface area contributed by atoms with Gasteiger partial charge in [-0.3, -0.25) is 4.98 Å². The molecule has 2 unspecified atom stereocenters. The Kier molecular flexibility index (Phi) is 4.92. The maximum absolute atomic E-state index is 12.8. The molecule has 2 aromatic rings. The van der Waals surface area contributed by atoms with E-state index >= 15 is 0 Å². The molecule has 1 fully saturated rings. The Balaban J connectivity index is 1.68. The number of hydrogen-bond acceptors (Lipinski definition) is 3. The zero-order valence-electron chi connectivity index (χ0n) is 12.3. The Morgan fingerprint density at radius 1 is 1.13 bits per heavy atom. The van der Waals surface area contributed by atoms with Gasteiger partial charge in [-0.05, 0) is 43.2 Å². The van der Waals surface area contributed by atoms with Crippen LogP contribution in [0.15, 0.2) is 53.6 Å². The smallest absolute Gasteiger partial charge is 0.372 e. The second-order valence-electron chi connectivity index (χ2n) is 5.40. The Hall–Kier alpha value is -1.53. The topological polar surface area (TPSA) is 22.1 Å². The van der Waals surface area contributed by atoms with E-state index in [4.69, 9.17) is 4.74 Å². The molecule has 1 aromatic carbocycles. The summed E-state index contributed by atoms with van der Waals surface area (Å²) in [5.74, 6) is 0. The minimum Gasteiger partial charge on any atom is -0.372 e. The maximum Gasteiger partial charge on any atom is 0.416 e. The summed E-state index contributed by atoms with van der Waals surface area (Å²) in [6.45, 7) is 0.595. The predicted octanol–water partition coefficient (Wildman–Crippen LogP) is 5.11. The molecule has 2 heterocycles. The lowest BCUT2D eigenvalue weighted by molar-refractivity contribution is -0.137. The van der Waals surface area contributed by atoms with E-state index in [0.29, 0.717) is 11.5 Å². The molecule has 1 saturated heterocycles. The van der Waals surface area contributed by atoms with Crippen LogP contribution in [0.25, 0.3) is 0 Å². The summed E-state index contributed by atoms with van der Waals surface area (Å²) < 4.78 is 44.1. The van der Waals surface area contributed by atoms with Crippen LogP contribution in [0.2, 0.25) is 0 Å². The third-order valence-corrected chi connectivity index (χ3v) is 5.01. The number of halogens is 3. The van der Waals surface area contributed by atoms with Crippen molar-refractivity contribution in [2.24, 2.45) is 0 Å². The van der Waals surface area contributed by atoms with Crippen molar-refractivity contribution in [1.82, 2.24) is 4.98 Å². The fraction of sp³-hybridized carbons (Fsp3) is 0.353. The van der Waals surface area contributed by atoms with Crippen molar-refractivity contribution < 1.29 is 17.9 Å². The molecule has 0 amide bonds. The first-order valence-corrected chi connectivity index (χ1v) is 8.27. The van der Waals surface area contributed by atoms with Gasteiger partial charge in [0.15, 0.2) is 0 Å². The summed E-state index contributed by atoms with van der Waals surface area (Å²) in [6.07, 6.45) is -1.10. The van der Waals surface area contributed by atoms with Gasteiger partial charge in [0.25, 0.3) is 0 Å². The lowest BCUT2D eigenvalue weighted by Crippen LogP contribution is -2.22. The predicted molar refractivity (Wildman–Crippen MR) is 83.3 cm³/mol. The highest BCUT2D eigenvalue weighted by molar-refractivity contribution is 8.00. The molecule has 0 radical (unpaired) electrons. The Labute approximate surface area is 137 Å². The highest BCUT2D eigenvalue weighted by atomic mass is 32.2. The van der Waals surface area contributed by atoms with Crippen molar-refractivity contribution in [3.63, 3.8) is 0 Å². The lowest BCUT2D eigenvalue weighted by atomic mass is 10.1. The zero-order chi connectivity index (χ0) is 16.3. The number of nitrogens with zero attached hydrogens (tertiary/aromatic N) is 1. The van der Waals surface area contributed by atoms with Crippen molar-refractivity contribution in [2.75, 3.05) is 6.61 Å². The van der Waals surface area contributed by atoms with E-state index < -0.39 is 11.7 Å². The lowest BCUT2D eigenvalue weighted by Gasteiger charge is -2.29. The van der Waals surface area contributed by atoms with E-state index in [1.807, 2.05) is 18.2 Å². The summed E-state index contributed by atoms with van der Waals surface area (Å²) in [4.78, 5) is 4.95. The summed E-state index contributed by atoms with van der Waals surface area (Å²) in [5, 5.41) is 0.222. The molecule has 0 saturated carbocycles. The molecule has 122 valence electrons. The number of aromatic nitrogens is 1. The van der Waals surface area contributed by atoms with Crippen LogP contribution in [0.3, 0.4) is 0 Å². The number of pyridine rings is 1. The number of ether oxygens (including phenoxy) is 1. The summed E-state index contributed by atoms with van der Waals surface area (Å²) in [5.41, 5.74) is 0.276. The van der Waals surface area contributed by atoms with Gasteiger partial charge in [-0.25, -0.2) is 0 Å². The van der Waals surface area contributed by atoms with Crippen LogP contribution in [0.5, 0.6) is 0 Å². The minimum absolute atomic E-state index is 0.0896. The van der Waals surface area contributed by atoms with E-state index in [1.165, 1.54) is 23.9 Å². The quantitative estimate of drug-likeness (QED) is 0.775. The molecule has 2 nitrogen and oxygen atoms in total. The summed E-state index contributed by atoms with van der Waals surface area (Å²) in [6, 6.07) is 11.2. The van der Waals surface area contributed by atoms with E-state index in [9.17, 15) is 13.2 Å². The van der Waals surface area contributed by atoms with Crippen molar-refractivity contribution in [3.8, 4) is 0 Å². The molecule has 3 rings (SSSR count). The first kappa shape index (κ1) is 16.3.